The number of amides is 3. The van der Waals surface area contributed by atoms with Crippen LogP contribution < -0.4 is 10.6 Å². The third-order valence-corrected chi connectivity index (χ3v) is 6.13. The number of likely N-dealkylation sites (tertiary alicyclic amines) is 1. The average molecular weight is 460 g/mol. The minimum atomic E-state index is -0.506. The first-order valence-corrected chi connectivity index (χ1v) is 12.0. The molecular weight excluding hydrogens is 422 g/mol. The Bertz CT molecular complexity index is 800. The molecule has 0 unspecified atom stereocenters. The van der Waals surface area contributed by atoms with E-state index in [0.29, 0.717) is 25.4 Å². The molecule has 3 amide bonds. The van der Waals surface area contributed by atoms with Crippen molar-refractivity contribution in [3.8, 4) is 0 Å². The van der Waals surface area contributed by atoms with Gasteiger partial charge in [0.1, 0.15) is 18.2 Å². The minimum Gasteiger partial charge on any atom is -0.445 e. The van der Waals surface area contributed by atoms with Crippen molar-refractivity contribution in [1.82, 2.24) is 15.5 Å². The summed E-state index contributed by atoms with van der Waals surface area (Å²) in [5.41, 5.74) is 0.413. The van der Waals surface area contributed by atoms with Crippen LogP contribution in [-0.2, 0) is 20.9 Å². The first-order chi connectivity index (χ1) is 15.7. The van der Waals surface area contributed by atoms with Gasteiger partial charge in [0, 0.05) is 19.1 Å². The lowest BCUT2D eigenvalue weighted by Gasteiger charge is -2.30. The molecule has 33 heavy (non-hydrogen) atoms. The van der Waals surface area contributed by atoms with Gasteiger partial charge in [-0.15, -0.1) is 0 Å². The normalized spacial score (nSPS) is 23.0. The smallest absolute Gasteiger partial charge is 0.410 e. The van der Waals surface area contributed by atoms with E-state index >= 15 is 0 Å². The zero-order chi connectivity index (χ0) is 23.8. The Balaban J connectivity index is 1.37. The summed E-state index contributed by atoms with van der Waals surface area (Å²) in [7, 11) is 0. The molecule has 1 heterocycles. The summed E-state index contributed by atoms with van der Waals surface area (Å²) in [5.74, 6) is 0.253. The van der Waals surface area contributed by atoms with Gasteiger partial charge >= 0.3 is 12.2 Å². The molecule has 1 aliphatic carbocycles. The monoisotopic (exact) mass is 459 g/mol. The van der Waals surface area contributed by atoms with Crippen LogP contribution in [0.25, 0.3) is 0 Å². The number of nitrogens with zero attached hydrogens (tertiary/aromatic N) is 1. The predicted octanol–water partition coefficient (Wildman–Crippen LogP) is 3.99. The molecule has 1 atom stereocenters. The van der Waals surface area contributed by atoms with E-state index in [0.717, 1.165) is 37.7 Å². The Labute approximate surface area is 196 Å². The van der Waals surface area contributed by atoms with Crippen LogP contribution in [-0.4, -0.2) is 53.8 Å². The van der Waals surface area contributed by atoms with Crippen LogP contribution in [0.5, 0.6) is 0 Å². The van der Waals surface area contributed by atoms with Crippen LogP contribution in [0.15, 0.2) is 30.3 Å². The highest BCUT2D eigenvalue weighted by Gasteiger charge is 2.35. The number of ether oxygens (including phenoxy) is 2. The molecule has 2 N–H and O–H groups in total. The summed E-state index contributed by atoms with van der Waals surface area (Å²) in [6.07, 6.45) is 4.20. The van der Waals surface area contributed by atoms with E-state index in [1.807, 2.05) is 51.1 Å². The standard InChI is InChI=1S/C25H37N3O5/c1-25(2,3)33-23(30)27-20-13-11-18(12-14-20)16-26-22(29)21-10-7-15-28(21)24(31)32-17-19-8-5-4-6-9-19/h4-6,8-9,18,20-21H,7,10-17H2,1-3H3,(H,26,29)(H,27,30)/t18?,20?,21-/m0/s1. The lowest BCUT2D eigenvalue weighted by atomic mass is 9.86. The Morgan fingerprint density at radius 2 is 1.73 bits per heavy atom. The third kappa shape index (κ3) is 7.94. The molecule has 1 saturated heterocycles. The summed E-state index contributed by atoms with van der Waals surface area (Å²) in [6.45, 7) is 6.86. The van der Waals surface area contributed by atoms with E-state index < -0.39 is 17.7 Å². The summed E-state index contributed by atoms with van der Waals surface area (Å²) < 4.78 is 10.7. The lowest BCUT2D eigenvalue weighted by Crippen LogP contribution is -2.47. The molecule has 2 aliphatic rings. The molecule has 1 aromatic rings. The maximum Gasteiger partial charge on any atom is 0.410 e. The maximum atomic E-state index is 12.8. The number of rotatable bonds is 6. The summed E-state index contributed by atoms with van der Waals surface area (Å²) in [6, 6.07) is 9.15. The van der Waals surface area contributed by atoms with E-state index in [-0.39, 0.29) is 24.6 Å². The van der Waals surface area contributed by atoms with Gasteiger partial charge in [-0.1, -0.05) is 30.3 Å². The Hall–Kier alpha value is -2.77. The molecule has 2 fully saturated rings. The van der Waals surface area contributed by atoms with E-state index in [9.17, 15) is 14.4 Å². The molecule has 8 heteroatoms. The van der Waals surface area contributed by atoms with Crippen LogP contribution in [0.3, 0.4) is 0 Å². The summed E-state index contributed by atoms with van der Waals surface area (Å²) in [4.78, 5) is 38.8. The first-order valence-electron chi connectivity index (χ1n) is 12.0. The second kappa shape index (κ2) is 11.4. The van der Waals surface area contributed by atoms with Crippen LogP contribution in [0.1, 0.15) is 64.9 Å². The van der Waals surface area contributed by atoms with Crippen molar-refractivity contribution in [1.29, 1.82) is 0 Å². The highest BCUT2D eigenvalue weighted by molar-refractivity contribution is 5.86. The van der Waals surface area contributed by atoms with Crippen LogP contribution in [0.2, 0.25) is 0 Å². The number of benzene rings is 1. The van der Waals surface area contributed by atoms with Crippen LogP contribution >= 0.6 is 0 Å². The lowest BCUT2D eigenvalue weighted by molar-refractivity contribution is -0.125. The van der Waals surface area contributed by atoms with Gasteiger partial charge in [0.25, 0.3) is 0 Å². The number of alkyl carbamates (subject to hydrolysis) is 1. The largest absolute Gasteiger partial charge is 0.445 e. The molecular formula is C25H37N3O5. The SMILES string of the molecule is CC(C)(C)OC(=O)NC1CCC(CNC(=O)[C@@H]2CCCN2C(=O)OCc2ccccc2)CC1. The average Bonchev–Trinajstić information content (AvgIpc) is 3.26. The van der Waals surface area contributed by atoms with Crippen LogP contribution in [0, 0.1) is 5.92 Å². The fourth-order valence-electron chi connectivity index (χ4n) is 4.41. The zero-order valence-corrected chi connectivity index (χ0v) is 20.0. The van der Waals surface area contributed by atoms with Gasteiger partial charge in [0.05, 0.1) is 0 Å². The van der Waals surface area contributed by atoms with Gasteiger partial charge < -0.3 is 20.1 Å². The summed E-state index contributed by atoms with van der Waals surface area (Å²) >= 11 is 0. The van der Waals surface area contributed by atoms with Crippen molar-refractivity contribution in [3.63, 3.8) is 0 Å². The quantitative estimate of drug-likeness (QED) is 0.671. The predicted molar refractivity (Wildman–Crippen MR) is 124 cm³/mol. The number of hydrogen-bond donors (Lipinski definition) is 2. The highest BCUT2D eigenvalue weighted by atomic mass is 16.6. The Kier molecular flexibility index (Phi) is 8.58. The molecule has 0 spiro atoms. The molecule has 1 aliphatic heterocycles. The van der Waals surface area contributed by atoms with Crippen molar-refractivity contribution < 1.29 is 23.9 Å². The second-order valence-corrected chi connectivity index (χ2v) is 10.0. The molecule has 1 saturated carbocycles. The van der Waals surface area contributed by atoms with Gasteiger partial charge in [0.15, 0.2) is 0 Å². The Morgan fingerprint density at radius 1 is 1.03 bits per heavy atom. The van der Waals surface area contributed by atoms with E-state index in [2.05, 4.69) is 10.6 Å². The molecule has 3 rings (SSSR count). The van der Waals surface area contributed by atoms with Gasteiger partial charge in [-0.05, 0) is 70.8 Å². The van der Waals surface area contributed by atoms with Gasteiger partial charge in [-0.25, -0.2) is 9.59 Å². The van der Waals surface area contributed by atoms with E-state index in [4.69, 9.17) is 9.47 Å². The maximum absolute atomic E-state index is 12.8. The molecule has 0 radical (unpaired) electrons. The fourth-order valence-corrected chi connectivity index (χ4v) is 4.41. The van der Waals surface area contributed by atoms with E-state index in [1.54, 1.807) is 4.90 Å². The minimum absolute atomic E-state index is 0.108. The summed E-state index contributed by atoms with van der Waals surface area (Å²) in [5, 5.41) is 5.98. The Morgan fingerprint density at radius 3 is 2.39 bits per heavy atom. The molecule has 1 aromatic carbocycles. The number of nitrogens with one attached hydrogen (secondary N) is 2. The van der Waals surface area contributed by atoms with Gasteiger partial charge in [-0.3, -0.25) is 9.69 Å². The van der Waals surface area contributed by atoms with Crippen molar-refractivity contribution in [2.24, 2.45) is 5.92 Å². The molecule has 0 aromatic heterocycles. The molecule has 8 nitrogen and oxygen atoms in total. The molecule has 0 bridgehead atoms. The first kappa shape index (κ1) is 24.9. The van der Waals surface area contributed by atoms with Crippen molar-refractivity contribution in [2.45, 2.75) is 83.6 Å². The fraction of sp³-hybridized carbons (Fsp3) is 0.640. The van der Waals surface area contributed by atoms with Gasteiger partial charge in [0.2, 0.25) is 5.91 Å². The number of carbonyl (C=O) groups is 3. The number of hydrogen-bond acceptors (Lipinski definition) is 5. The third-order valence-electron chi connectivity index (χ3n) is 6.13. The molecule has 182 valence electrons. The second-order valence-electron chi connectivity index (χ2n) is 10.0. The zero-order valence-electron chi connectivity index (χ0n) is 20.0. The van der Waals surface area contributed by atoms with Gasteiger partial charge in [-0.2, -0.15) is 0 Å². The van der Waals surface area contributed by atoms with E-state index in [1.165, 1.54) is 0 Å². The topological polar surface area (TPSA) is 97.0 Å². The van der Waals surface area contributed by atoms with Crippen molar-refractivity contribution in [3.05, 3.63) is 35.9 Å². The highest BCUT2D eigenvalue weighted by Crippen LogP contribution is 2.25. The van der Waals surface area contributed by atoms with Crippen molar-refractivity contribution >= 4 is 18.1 Å². The van der Waals surface area contributed by atoms with Crippen LogP contribution in [0.4, 0.5) is 9.59 Å². The van der Waals surface area contributed by atoms with Crippen molar-refractivity contribution in [2.75, 3.05) is 13.1 Å². The number of carbonyl (C=O) groups excluding carboxylic acids is 3.